The van der Waals surface area contributed by atoms with Gasteiger partial charge in [0.1, 0.15) is 4.88 Å². The summed E-state index contributed by atoms with van der Waals surface area (Å²) in [5.74, 6) is -0.905. The Morgan fingerprint density at radius 3 is 2.63 bits per heavy atom. The monoisotopic (exact) mass is 277 g/mol. The van der Waals surface area contributed by atoms with Crippen LogP contribution in [0.4, 0.5) is 5.13 Å². The first kappa shape index (κ1) is 13.5. The number of aromatic nitrogens is 2. The predicted molar refractivity (Wildman–Crippen MR) is 74.8 cm³/mol. The molecule has 2 rings (SSSR count). The molecule has 2 aromatic heterocycles. The number of hydrogen-bond acceptors (Lipinski definition) is 5. The van der Waals surface area contributed by atoms with Gasteiger partial charge in [0.2, 0.25) is 0 Å². The Kier molecular flexibility index (Phi) is 4.11. The van der Waals surface area contributed by atoms with Crippen LogP contribution in [0.1, 0.15) is 27.9 Å². The number of carboxylic acid groups (broad SMARTS) is 1. The van der Waals surface area contributed by atoms with Gasteiger partial charge in [-0.15, -0.1) is 0 Å². The first-order valence-electron chi connectivity index (χ1n) is 5.94. The predicted octanol–water partition coefficient (Wildman–Crippen LogP) is 2.44. The Labute approximate surface area is 115 Å². The fourth-order valence-corrected chi connectivity index (χ4v) is 2.69. The number of hydrogen-bond donors (Lipinski definition) is 1. The maximum atomic E-state index is 11.1. The van der Waals surface area contributed by atoms with Crippen LogP contribution in [0.5, 0.6) is 0 Å². The molecular weight excluding hydrogens is 262 g/mol. The number of pyridine rings is 1. The van der Waals surface area contributed by atoms with Crippen LogP contribution in [-0.2, 0) is 13.0 Å². The molecule has 0 unspecified atom stereocenters. The van der Waals surface area contributed by atoms with Crippen molar-refractivity contribution in [2.24, 2.45) is 0 Å². The van der Waals surface area contributed by atoms with Crippen molar-refractivity contribution >= 4 is 22.4 Å². The second kappa shape index (κ2) is 5.79. The summed E-state index contributed by atoms with van der Waals surface area (Å²) in [6.45, 7) is 2.59. The quantitative estimate of drug-likeness (QED) is 0.909. The van der Waals surface area contributed by atoms with E-state index in [-0.39, 0.29) is 0 Å². The van der Waals surface area contributed by atoms with E-state index in [1.165, 1.54) is 11.3 Å². The third-order valence-electron chi connectivity index (χ3n) is 2.71. The van der Waals surface area contributed by atoms with Gasteiger partial charge in [-0.3, -0.25) is 4.98 Å². The summed E-state index contributed by atoms with van der Waals surface area (Å²) < 4.78 is 0. The van der Waals surface area contributed by atoms with Crippen LogP contribution in [0.25, 0.3) is 0 Å². The molecule has 0 aromatic carbocycles. The molecule has 0 atom stereocenters. The first-order chi connectivity index (χ1) is 9.11. The Morgan fingerprint density at radius 1 is 1.42 bits per heavy atom. The Hall–Kier alpha value is -1.95. The molecule has 1 N–H and O–H groups in total. The summed E-state index contributed by atoms with van der Waals surface area (Å²) >= 11 is 1.22. The van der Waals surface area contributed by atoms with E-state index in [4.69, 9.17) is 5.11 Å². The number of carbonyl (C=O) groups is 1. The molecule has 0 amide bonds. The fraction of sp³-hybridized carbons (Fsp3) is 0.308. The SMILES string of the molecule is CCc1nc(N(C)Cc2ccncc2)sc1C(=O)O. The minimum absolute atomic E-state index is 0.332. The summed E-state index contributed by atoms with van der Waals surface area (Å²) in [6, 6.07) is 3.87. The summed E-state index contributed by atoms with van der Waals surface area (Å²) in [6.07, 6.45) is 4.11. The zero-order valence-electron chi connectivity index (χ0n) is 10.8. The Bertz CT molecular complexity index is 569. The third-order valence-corrected chi connectivity index (χ3v) is 3.91. The fourth-order valence-electron chi connectivity index (χ4n) is 1.74. The van der Waals surface area contributed by atoms with Crippen molar-refractivity contribution in [2.45, 2.75) is 19.9 Å². The highest BCUT2D eigenvalue weighted by Gasteiger charge is 2.17. The number of thiazole rings is 1. The summed E-state index contributed by atoms with van der Waals surface area (Å²) in [5.41, 5.74) is 1.76. The normalized spacial score (nSPS) is 10.4. The molecule has 0 bridgehead atoms. The minimum atomic E-state index is -0.905. The van der Waals surface area contributed by atoms with Crippen molar-refractivity contribution in [3.63, 3.8) is 0 Å². The lowest BCUT2D eigenvalue weighted by Gasteiger charge is -2.15. The number of aryl methyl sites for hydroxylation is 1. The van der Waals surface area contributed by atoms with Crippen LogP contribution in [0.3, 0.4) is 0 Å². The van der Waals surface area contributed by atoms with Gasteiger partial charge in [-0.1, -0.05) is 18.3 Å². The van der Waals surface area contributed by atoms with E-state index in [1.54, 1.807) is 12.4 Å². The van der Waals surface area contributed by atoms with Crippen LogP contribution in [0, 0.1) is 0 Å². The minimum Gasteiger partial charge on any atom is -0.477 e. The lowest BCUT2D eigenvalue weighted by molar-refractivity contribution is 0.0701. The molecule has 0 aliphatic carbocycles. The summed E-state index contributed by atoms with van der Waals surface area (Å²) in [4.78, 5) is 21.8. The Balaban J connectivity index is 2.20. The Morgan fingerprint density at radius 2 is 2.11 bits per heavy atom. The van der Waals surface area contributed by atoms with E-state index in [9.17, 15) is 4.79 Å². The van der Waals surface area contributed by atoms with Crippen molar-refractivity contribution in [1.29, 1.82) is 0 Å². The molecule has 0 aliphatic heterocycles. The number of rotatable bonds is 5. The van der Waals surface area contributed by atoms with Gasteiger partial charge in [-0.2, -0.15) is 0 Å². The van der Waals surface area contributed by atoms with Crippen LogP contribution < -0.4 is 4.90 Å². The highest BCUT2D eigenvalue weighted by molar-refractivity contribution is 7.17. The molecule has 100 valence electrons. The van der Waals surface area contributed by atoms with Crippen molar-refractivity contribution < 1.29 is 9.90 Å². The molecule has 0 aliphatic rings. The molecule has 2 heterocycles. The van der Waals surface area contributed by atoms with Crippen molar-refractivity contribution in [3.8, 4) is 0 Å². The van der Waals surface area contributed by atoms with E-state index in [2.05, 4.69) is 9.97 Å². The number of carboxylic acids is 1. The van der Waals surface area contributed by atoms with Gasteiger partial charge in [-0.25, -0.2) is 9.78 Å². The lowest BCUT2D eigenvalue weighted by atomic mass is 10.2. The van der Waals surface area contributed by atoms with Gasteiger partial charge in [-0.05, 0) is 24.1 Å². The second-order valence-electron chi connectivity index (χ2n) is 4.14. The number of aromatic carboxylic acids is 1. The number of nitrogens with zero attached hydrogens (tertiary/aromatic N) is 3. The van der Waals surface area contributed by atoms with Crippen molar-refractivity contribution in [2.75, 3.05) is 11.9 Å². The van der Waals surface area contributed by atoms with Gasteiger partial charge in [0, 0.05) is 26.0 Å². The molecule has 6 heteroatoms. The van der Waals surface area contributed by atoms with Crippen molar-refractivity contribution in [3.05, 3.63) is 40.7 Å². The van der Waals surface area contributed by atoms with E-state index < -0.39 is 5.97 Å². The zero-order valence-corrected chi connectivity index (χ0v) is 11.6. The maximum absolute atomic E-state index is 11.1. The van der Waals surface area contributed by atoms with E-state index in [0.717, 1.165) is 10.7 Å². The molecule has 0 saturated heterocycles. The topological polar surface area (TPSA) is 66.3 Å². The molecule has 5 nitrogen and oxygen atoms in total. The van der Waals surface area contributed by atoms with Gasteiger partial charge in [0.25, 0.3) is 0 Å². The van der Waals surface area contributed by atoms with Crippen LogP contribution in [-0.4, -0.2) is 28.1 Å². The molecule has 0 spiro atoms. The highest BCUT2D eigenvalue weighted by atomic mass is 32.1. The third kappa shape index (κ3) is 3.08. The average molecular weight is 277 g/mol. The van der Waals surface area contributed by atoms with Crippen LogP contribution in [0.2, 0.25) is 0 Å². The smallest absolute Gasteiger partial charge is 0.347 e. The first-order valence-corrected chi connectivity index (χ1v) is 6.76. The largest absolute Gasteiger partial charge is 0.477 e. The van der Waals surface area contributed by atoms with Gasteiger partial charge in [0.05, 0.1) is 5.69 Å². The molecular formula is C13H15N3O2S. The standard InChI is InChI=1S/C13H15N3O2S/c1-3-10-11(12(17)18)19-13(15-10)16(2)8-9-4-6-14-7-5-9/h4-7H,3,8H2,1-2H3,(H,17,18). The lowest BCUT2D eigenvalue weighted by Crippen LogP contribution is -2.16. The maximum Gasteiger partial charge on any atom is 0.347 e. The van der Waals surface area contributed by atoms with Crippen LogP contribution >= 0.6 is 11.3 Å². The highest BCUT2D eigenvalue weighted by Crippen LogP contribution is 2.27. The van der Waals surface area contributed by atoms with E-state index in [0.29, 0.717) is 23.5 Å². The molecule has 0 saturated carbocycles. The van der Waals surface area contributed by atoms with E-state index >= 15 is 0 Å². The summed E-state index contributed by atoms with van der Waals surface area (Å²) in [7, 11) is 1.91. The average Bonchev–Trinajstić information content (AvgIpc) is 2.84. The van der Waals surface area contributed by atoms with Gasteiger partial charge < -0.3 is 10.0 Å². The zero-order chi connectivity index (χ0) is 13.8. The summed E-state index contributed by atoms with van der Waals surface area (Å²) in [5, 5.41) is 9.85. The molecule has 19 heavy (non-hydrogen) atoms. The molecule has 0 fully saturated rings. The van der Waals surface area contributed by atoms with Gasteiger partial charge in [0.15, 0.2) is 5.13 Å². The van der Waals surface area contributed by atoms with Crippen molar-refractivity contribution in [1.82, 2.24) is 9.97 Å². The second-order valence-corrected chi connectivity index (χ2v) is 5.12. The number of anilines is 1. The molecule has 2 aromatic rings. The van der Waals surface area contributed by atoms with E-state index in [1.807, 2.05) is 31.0 Å². The van der Waals surface area contributed by atoms with Crippen LogP contribution in [0.15, 0.2) is 24.5 Å². The molecule has 0 radical (unpaired) electrons. The van der Waals surface area contributed by atoms with Gasteiger partial charge >= 0.3 is 5.97 Å².